The molecule has 2 heterocycles. The number of aromatic nitrogens is 1. The molecule has 1 aromatic heterocycles. The maximum absolute atomic E-state index is 12.0. The van der Waals surface area contributed by atoms with E-state index < -0.39 is 0 Å². The van der Waals surface area contributed by atoms with E-state index in [1.165, 1.54) is 0 Å². The molecule has 3 rings (SSSR count). The van der Waals surface area contributed by atoms with Gasteiger partial charge in [0.1, 0.15) is 5.75 Å². The van der Waals surface area contributed by atoms with E-state index in [0.29, 0.717) is 32.0 Å². The van der Waals surface area contributed by atoms with Gasteiger partial charge >= 0.3 is 0 Å². The van der Waals surface area contributed by atoms with Crippen molar-refractivity contribution in [1.82, 2.24) is 9.88 Å². The Kier molecular flexibility index (Phi) is 5.61. The molecule has 0 unspecified atom stereocenters. The van der Waals surface area contributed by atoms with E-state index in [0.717, 1.165) is 29.2 Å². The second-order valence-electron chi connectivity index (χ2n) is 6.23. The fourth-order valence-corrected chi connectivity index (χ4v) is 3.06. The zero-order valence-electron chi connectivity index (χ0n) is 15.6. The molecule has 0 radical (unpaired) electrons. The van der Waals surface area contributed by atoms with Crippen LogP contribution in [0.25, 0.3) is 11.3 Å². The highest BCUT2D eigenvalue weighted by Gasteiger charge is 2.21. The van der Waals surface area contributed by atoms with Gasteiger partial charge in [0.15, 0.2) is 0 Å². The Morgan fingerprint density at radius 3 is 2.54 bits per heavy atom. The molecular formula is C20H25N3O3. The summed E-state index contributed by atoms with van der Waals surface area (Å²) in [6.07, 6.45) is 0.505. The molecule has 1 saturated heterocycles. The summed E-state index contributed by atoms with van der Waals surface area (Å²) < 4.78 is 10.9. The molecule has 1 aliphatic heterocycles. The van der Waals surface area contributed by atoms with Crippen LogP contribution in [0.5, 0.6) is 11.6 Å². The van der Waals surface area contributed by atoms with Crippen molar-refractivity contribution in [3.8, 4) is 22.9 Å². The van der Waals surface area contributed by atoms with Gasteiger partial charge in [-0.25, -0.2) is 4.98 Å². The number of anilines is 1. The molecule has 6 nitrogen and oxygen atoms in total. The lowest BCUT2D eigenvalue weighted by molar-refractivity contribution is -0.129. The van der Waals surface area contributed by atoms with Gasteiger partial charge < -0.3 is 19.3 Å². The molecular weight excluding hydrogens is 330 g/mol. The molecule has 2 aromatic rings. The maximum atomic E-state index is 12.0. The molecule has 1 aromatic carbocycles. The first kappa shape index (κ1) is 18.0. The van der Waals surface area contributed by atoms with Crippen molar-refractivity contribution < 1.29 is 14.3 Å². The quantitative estimate of drug-likeness (QED) is 0.825. The molecule has 0 aliphatic carbocycles. The molecule has 0 spiro atoms. The summed E-state index contributed by atoms with van der Waals surface area (Å²) in [5.41, 5.74) is 2.86. The van der Waals surface area contributed by atoms with Crippen LogP contribution in [-0.4, -0.2) is 56.2 Å². The predicted molar refractivity (Wildman–Crippen MR) is 102 cm³/mol. The lowest BCUT2D eigenvalue weighted by atomic mass is 10.1. The Balaban J connectivity index is 1.96. The van der Waals surface area contributed by atoms with E-state index in [9.17, 15) is 4.79 Å². The van der Waals surface area contributed by atoms with Crippen molar-refractivity contribution in [2.75, 3.05) is 45.3 Å². The normalized spacial score (nSPS) is 15.0. The SMILES string of the molecule is CCOc1ccc(-c2nc(OC)ccc2N2CCC(=O)N(C)CC2)cc1. The third-order valence-corrected chi connectivity index (χ3v) is 4.56. The number of carbonyl (C=O) groups excluding carboxylic acids is 1. The minimum atomic E-state index is 0.177. The summed E-state index contributed by atoms with van der Waals surface area (Å²) in [5, 5.41) is 0. The van der Waals surface area contributed by atoms with Gasteiger partial charge in [0, 0.05) is 44.7 Å². The van der Waals surface area contributed by atoms with Crippen molar-refractivity contribution >= 4 is 11.6 Å². The van der Waals surface area contributed by atoms with Crippen molar-refractivity contribution in [1.29, 1.82) is 0 Å². The number of nitrogens with zero attached hydrogens (tertiary/aromatic N) is 3. The second kappa shape index (κ2) is 8.08. The van der Waals surface area contributed by atoms with Crippen molar-refractivity contribution in [2.45, 2.75) is 13.3 Å². The molecule has 26 heavy (non-hydrogen) atoms. The van der Waals surface area contributed by atoms with Crippen molar-refractivity contribution in [3.63, 3.8) is 0 Å². The van der Waals surface area contributed by atoms with Crippen LogP contribution in [0.4, 0.5) is 5.69 Å². The average Bonchev–Trinajstić information content (AvgIpc) is 2.84. The van der Waals surface area contributed by atoms with Gasteiger partial charge in [-0.05, 0) is 37.3 Å². The van der Waals surface area contributed by atoms with Crippen LogP contribution in [0.1, 0.15) is 13.3 Å². The van der Waals surface area contributed by atoms with E-state index in [-0.39, 0.29) is 5.91 Å². The summed E-state index contributed by atoms with van der Waals surface area (Å²) in [6.45, 7) is 4.76. The summed E-state index contributed by atoms with van der Waals surface area (Å²) >= 11 is 0. The lowest BCUT2D eigenvalue weighted by Crippen LogP contribution is -2.30. The molecule has 0 N–H and O–H groups in total. The molecule has 138 valence electrons. The zero-order valence-corrected chi connectivity index (χ0v) is 15.6. The second-order valence-corrected chi connectivity index (χ2v) is 6.23. The third-order valence-electron chi connectivity index (χ3n) is 4.56. The highest BCUT2D eigenvalue weighted by atomic mass is 16.5. The summed E-state index contributed by atoms with van der Waals surface area (Å²) in [4.78, 5) is 20.7. The number of pyridine rings is 1. The van der Waals surface area contributed by atoms with Crippen LogP contribution >= 0.6 is 0 Å². The van der Waals surface area contributed by atoms with Gasteiger partial charge in [0.05, 0.1) is 25.1 Å². The molecule has 0 saturated carbocycles. The Hall–Kier alpha value is -2.76. The van der Waals surface area contributed by atoms with Crippen LogP contribution in [0.3, 0.4) is 0 Å². The molecule has 0 bridgehead atoms. The van der Waals surface area contributed by atoms with E-state index >= 15 is 0 Å². The average molecular weight is 355 g/mol. The largest absolute Gasteiger partial charge is 0.494 e. The third kappa shape index (κ3) is 3.90. The van der Waals surface area contributed by atoms with Crippen molar-refractivity contribution in [3.05, 3.63) is 36.4 Å². The lowest BCUT2D eigenvalue weighted by Gasteiger charge is -2.25. The zero-order chi connectivity index (χ0) is 18.5. The van der Waals surface area contributed by atoms with E-state index in [1.807, 2.05) is 50.4 Å². The number of hydrogen-bond donors (Lipinski definition) is 0. The van der Waals surface area contributed by atoms with Gasteiger partial charge in [-0.2, -0.15) is 0 Å². The highest BCUT2D eigenvalue weighted by molar-refractivity contribution is 5.79. The van der Waals surface area contributed by atoms with Crippen LogP contribution in [-0.2, 0) is 4.79 Å². The number of benzene rings is 1. The standard InChI is InChI=1S/C20H25N3O3/c1-4-26-16-7-5-15(6-8-16)20-17(9-10-18(21-20)25-3)23-12-11-19(24)22(2)13-14-23/h5-10H,4,11-14H2,1-3H3. The number of amides is 1. The van der Waals surface area contributed by atoms with Crippen molar-refractivity contribution in [2.24, 2.45) is 0 Å². The van der Waals surface area contributed by atoms with Crippen LogP contribution < -0.4 is 14.4 Å². The van der Waals surface area contributed by atoms with E-state index in [4.69, 9.17) is 9.47 Å². The predicted octanol–water partition coefficient (Wildman–Crippen LogP) is 2.82. The fraction of sp³-hybridized carbons (Fsp3) is 0.400. The van der Waals surface area contributed by atoms with E-state index in [1.54, 1.807) is 12.0 Å². The Morgan fingerprint density at radius 1 is 1.08 bits per heavy atom. The molecule has 0 atom stereocenters. The monoisotopic (exact) mass is 355 g/mol. The molecule has 1 amide bonds. The Labute approximate surface area is 154 Å². The number of likely N-dealkylation sites (N-methyl/N-ethyl adjacent to an activating group) is 1. The minimum Gasteiger partial charge on any atom is -0.494 e. The number of rotatable bonds is 5. The highest BCUT2D eigenvalue weighted by Crippen LogP contribution is 2.32. The van der Waals surface area contributed by atoms with E-state index in [2.05, 4.69) is 9.88 Å². The molecule has 6 heteroatoms. The van der Waals surface area contributed by atoms with Crippen LogP contribution in [0.2, 0.25) is 0 Å². The number of hydrogen-bond acceptors (Lipinski definition) is 5. The topological polar surface area (TPSA) is 54.9 Å². The summed E-state index contributed by atoms with van der Waals surface area (Å²) in [7, 11) is 3.47. The molecule has 1 aliphatic rings. The Morgan fingerprint density at radius 2 is 1.85 bits per heavy atom. The summed E-state index contributed by atoms with van der Waals surface area (Å²) in [5.74, 6) is 1.58. The van der Waals surface area contributed by atoms with Gasteiger partial charge in [-0.1, -0.05) is 0 Å². The minimum absolute atomic E-state index is 0.177. The van der Waals surface area contributed by atoms with Gasteiger partial charge in [-0.3, -0.25) is 4.79 Å². The number of carbonyl (C=O) groups is 1. The van der Waals surface area contributed by atoms with Crippen LogP contribution in [0.15, 0.2) is 36.4 Å². The van der Waals surface area contributed by atoms with Gasteiger partial charge in [0.25, 0.3) is 0 Å². The smallest absolute Gasteiger partial charge is 0.224 e. The van der Waals surface area contributed by atoms with Gasteiger partial charge in [-0.15, -0.1) is 0 Å². The first-order valence-electron chi connectivity index (χ1n) is 8.89. The first-order valence-corrected chi connectivity index (χ1v) is 8.89. The fourth-order valence-electron chi connectivity index (χ4n) is 3.06. The Bertz CT molecular complexity index is 761. The van der Waals surface area contributed by atoms with Crippen LogP contribution in [0, 0.1) is 0 Å². The van der Waals surface area contributed by atoms with Gasteiger partial charge in [0.2, 0.25) is 11.8 Å². The first-order chi connectivity index (χ1) is 12.6. The molecule has 1 fully saturated rings. The summed E-state index contributed by atoms with van der Waals surface area (Å²) in [6, 6.07) is 11.8. The number of methoxy groups -OCH3 is 1. The maximum Gasteiger partial charge on any atom is 0.224 e. The number of ether oxygens (including phenoxy) is 2.